The minimum absolute atomic E-state index is 0.629. The SMILES string of the molecule is COc1ncccc1CN1CCCC(Br)C1. The maximum atomic E-state index is 5.26. The zero-order valence-electron chi connectivity index (χ0n) is 9.53. The Morgan fingerprint density at radius 1 is 1.62 bits per heavy atom. The van der Waals surface area contributed by atoms with E-state index in [2.05, 4.69) is 31.9 Å². The van der Waals surface area contributed by atoms with Gasteiger partial charge in [-0.2, -0.15) is 0 Å². The second-order valence-electron chi connectivity index (χ2n) is 4.15. The first-order valence-electron chi connectivity index (χ1n) is 5.64. The molecule has 1 atom stereocenters. The van der Waals surface area contributed by atoms with E-state index in [9.17, 15) is 0 Å². The fraction of sp³-hybridized carbons (Fsp3) is 0.583. The Bertz CT molecular complexity index is 346. The van der Waals surface area contributed by atoms with Gasteiger partial charge in [0.25, 0.3) is 0 Å². The molecule has 1 aromatic rings. The van der Waals surface area contributed by atoms with Gasteiger partial charge in [0.2, 0.25) is 5.88 Å². The van der Waals surface area contributed by atoms with Crippen LogP contribution < -0.4 is 4.74 Å². The third-order valence-electron chi connectivity index (χ3n) is 2.89. The molecule has 4 heteroatoms. The molecule has 0 saturated carbocycles. The summed E-state index contributed by atoms with van der Waals surface area (Å²) in [6.45, 7) is 3.21. The van der Waals surface area contributed by atoms with E-state index in [1.165, 1.54) is 24.9 Å². The van der Waals surface area contributed by atoms with Crippen molar-refractivity contribution in [2.75, 3.05) is 20.2 Å². The van der Waals surface area contributed by atoms with Crippen molar-refractivity contribution in [1.29, 1.82) is 0 Å². The molecular formula is C12H17BrN2O. The highest BCUT2D eigenvalue weighted by Gasteiger charge is 2.18. The van der Waals surface area contributed by atoms with E-state index in [1.54, 1.807) is 13.3 Å². The maximum absolute atomic E-state index is 5.26. The Kier molecular flexibility index (Phi) is 4.18. The van der Waals surface area contributed by atoms with Crippen LogP contribution in [0.25, 0.3) is 0 Å². The third kappa shape index (κ3) is 2.95. The van der Waals surface area contributed by atoms with E-state index in [0.717, 1.165) is 19.0 Å². The maximum Gasteiger partial charge on any atom is 0.217 e. The first-order valence-corrected chi connectivity index (χ1v) is 6.55. The molecule has 16 heavy (non-hydrogen) atoms. The van der Waals surface area contributed by atoms with Crippen molar-refractivity contribution in [2.24, 2.45) is 0 Å². The number of alkyl halides is 1. The zero-order chi connectivity index (χ0) is 11.4. The normalized spacial score (nSPS) is 22.0. The summed E-state index contributed by atoms with van der Waals surface area (Å²) < 4.78 is 5.26. The van der Waals surface area contributed by atoms with Crippen molar-refractivity contribution in [3.05, 3.63) is 23.9 Å². The summed E-state index contributed by atoms with van der Waals surface area (Å²) in [4.78, 5) is 7.30. The first-order chi connectivity index (χ1) is 7.79. The molecule has 1 fully saturated rings. The standard InChI is InChI=1S/C12H17BrN2O/c1-16-12-10(4-2-6-14-12)8-15-7-3-5-11(13)9-15/h2,4,6,11H,3,5,7-9H2,1H3. The Morgan fingerprint density at radius 2 is 2.50 bits per heavy atom. The summed E-state index contributed by atoms with van der Waals surface area (Å²) in [7, 11) is 1.68. The molecule has 1 aromatic heterocycles. The molecule has 2 heterocycles. The van der Waals surface area contributed by atoms with E-state index in [0.29, 0.717) is 4.83 Å². The van der Waals surface area contributed by atoms with Crippen LogP contribution in [-0.4, -0.2) is 34.9 Å². The Labute approximate surface area is 105 Å². The molecule has 3 nitrogen and oxygen atoms in total. The van der Waals surface area contributed by atoms with Crippen molar-refractivity contribution < 1.29 is 4.74 Å². The Hall–Kier alpha value is -0.610. The van der Waals surface area contributed by atoms with Crippen LogP contribution in [0.2, 0.25) is 0 Å². The van der Waals surface area contributed by atoms with Gasteiger partial charge in [0.05, 0.1) is 7.11 Å². The minimum atomic E-state index is 0.629. The van der Waals surface area contributed by atoms with Gasteiger partial charge in [0, 0.05) is 29.7 Å². The van der Waals surface area contributed by atoms with Gasteiger partial charge < -0.3 is 4.74 Å². The number of likely N-dealkylation sites (tertiary alicyclic amines) is 1. The second kappa shape index (κ2) is 5.64. The van der Waals surface area contributed by atoms with Crippen molar-refractivity contribution in [3.8, 4) is 5.88 Å². The van der Waals surface area contributed by atoms with Gasteiger partial charge in [0.1, 0.15) is 0 Å². The van der Waals surface area contributed by atoms with Crippen molar-refractivity contribution in [2.45, 2.75) is 24.2 Å². The summed E-state index contributed by atoms with van der Waals surface area (Å²) in [6.07, 6.45) is 4.31. The predicted molar refractivity (Wildman–Crippen MR) is 68.0 cm³/mol. The molecule has 0 amide bonds. The average molecular weight is 285 g/mol. The molecule has 1 unspecified atom stereocenters. The van der Waals surface area contributed by atoms with Crippen LogP contribution in [0, 0.1) is 0 Å². The van der Waals surface area contributed by atoms with Gasteiger partial charge in [-0.25, -0.2) is 4.98 Å². The van der Waals surface area contributed by atoms with Crippen LogP contribution >= 0.6 is 15.9 Å². The molecule has 1 aliphatic rings. The van der Waals surface area contributed by atoms with Crippen LogP contribution in [0.15, 0.2) is 18.3 Å². The van der Waals surface area contributed by atoms with E-state index >= 15 is 0 Å². The minimum Gasteiger partial charge on any atom is -0.481 e. The molecule has 2 rings (SSSR count). The van der Waals surface area contributed by atoms with E-state index in [-0.39, 0.29) is 0 Å². The molecular weight excluding hydrogens is 268 g/mol. The predicted octanol–water partition coefficient (Wildman–Crippen LogP) is 2.45. The van der Waals surface area contributed by atoms with Crippen molar-refractivity contribution >= 4 is 15.9 Å². The van der Waals surface area contributed by atoms with Gasteiger partial charge in [-0.3, -0.25) is 4.90 Å². The van der Waals surface area contributed by atoms with E-state index in [1.807, 2.05) is 6.07 Å². The number of methoxy groups -OCH3 is 1. The molecule has 0 aromatic carbocycles. The summed E-state index contributed by atoms with van der Waals surface area (Å²) in [5.74, 6) is 0.749. The number of piperidine rings is 1. The van der Waals surface area contributed by atoms with Crippen LogP contribution in [-0.2, 0) is 6.54 Å². The molecule has 1 saturated heterocycles. The number of aromatic nitrogens is 1. The number of hydrogen-bond donors (Lipinski definition) is 0. The molecule has 0 radical (unpaired) electrons. The lowest BCUT2D eigenvalue weighted by Crippen LogP contribution is -2.35. The largest absolute Gasteiger partial charge is 0.481 e. The first kappa shape index (κ1) is 11.9. The van der Waals surface area contributed by atoms with Gasteiger partial charge in [-0.1, -0.05) is 22.0 Å². The molecule has 0 N–H and O–H groups in total. The van der Waals surface area contributed by atoms with Gasteiger partial charge in [0.15, 0.2) is 0 Å². The molecule has 1 aliphatic heterocycles. The fourth-order valence-electron chi connectivity index (χ4n) is 2.11. The molecule has 0 bridgehead atoms. The monoisotopic (exact) mass is 284 g/mol. The lowest BCUT2D eigenvalue weighted by molar-refractivity contribution is 0.224. The number of pyridine rings is 1. The van der Waals surface area contributed by atoms with Crippen LogP contribution in [0.1, 0.15) is 18.4 Å². The quantitative estimate of drug-likeness (QED) is 0.798. The summed E-state index contributed by atoms with van der Waals surface area (Å²) in [5.41, 5.74) is 1.17. The van der Waals surface area contributed by atoms with Crippen LogP contribution in [0.5, 0.6) is 5.88 Å². The lowest BCUT2D eigenvalue weighted by atomic mass is 10.1. The molecule has 88 valence electrons. The van der Waals surface area contributed by atoms with Gasteiger partial charge >= 0.3 is 0 Å². The number of nitrogens with zero attached hydrogens (tertiary/aromatic N) is 2. The van der Waals surface area contributed by atoms with Crippen molar-refractivity contribution in [3.63, 3.8) is 0 Å². The number of ether oxygens (including phenoxy) is 1. The van der Waals surface area contributed by atoms with Gasteiger partial charge in [-0.15, -0.1) is 0 Å². The summed E-state index contributed by atoms with van der Waals surface area (Å²) in [5, 5.41) is 0. The topological polar surface area (TPSA) is 25.4 Å². The smallest absolute Gasteiger partial charge is 0.217 e. The Balaban J connectivity index is 2.02. The second-order valence-corrected chi connectivity index (χ2v) is 5.44. The fourth-order valence-corrected chi connectivity index (χ4v) is 2.85. The molecule has 0 aliphatic carbocycles. The summed E-state index contributed by atoms with van der Waals surface area (Å²) >= 11 is 3.69. The van der Waals surface area contributed by atoms with Gasteiger partial charge in [-0.05, 0) is 25.5 Å². The van der Waals surface area contributed by atoms with Crippen LogP contribution in [0.3, 0.4) is 0 Å². The Morgan fingerprint density at radius 3 is 3.25 bits per heavy atom. The number of halogens is 1. The highest BCUT2D eigenvalue weighted by atomic mass is 79.9. The number of hydrogen-bond acceptors (Lipinski definition) is 3. The van der Waals surface area contributed by atoms with E-state index < -0.39 is 0 Å². The molecule has 0 spiro atoms. The number of rotatable bonds is 3. The lowest BCUT2D eigenvalue weighted by Gasteiger charge is -2.30. The summed E-state index contributed by atoms with van der Waals surface area (Å²) in [6, 6.07) is 4.05. The zero-order valence-corrected chi connectivity index (χ0v) is 11.1. The average Bonchev–Trinajstić information content (AvgIpc) is 2.30. The van der Waals surface area contributed by atoms with Crippen LogP contribution in [0.4, 0.5) is 0 Å². The van der Waals surface area contributed by atoms with Crippen molar-refractivity contribution in [1.82, 2.24) is 9.88 Å². The highest BCUT2D eigenvalue weighted by Crippen LogP contribution is 2.21. The highest BCUT2D eigenvalue weighted by molar-refractivity contribution is 9.09. The van der Waals surface area contributed by atoms with E-state index in [4.69, 9.17) is 4.74 Å². The third-order valence-corrected chi connectivity index (χ3v) is 3.63.